The fourth-order valence-corrected chi connectivity index (χ4v) is 3.48. The molecule has 0 spiro atoms. The van der Waals surface area contributed by atoms with E-state index in [1.807, 2.05) is 0 Å². The van der Waals surface area contributed by atoms with Crippen LogP contribution in [0.4, 0.5) is 0 Å². The SMILES string of the molecule is CCOC(=O)CCN(CC1CC1)C(=O)c1cccc(S(=O)(=O)N(C)C)c1. The Balaban J connectivity index is 2.18. The minimum absolute atomic E-state index is 0.0742. The molecule has 1 saturated carbocycles. The van der Waals surface area contributed by atoms with Crippen molar-refractivity contribution in [3.8, 4) is 0 Å². The number of hydrogen-bond acceptors (Lipinski definition) is 5. The van der Waals surface area contributed by atoms with Crippen molar-refractivity contribution < 1.29 is 22.7 Å². The summed E-state index contributed by atoms with van der Waals surface area (Å²) in [6, 6.07) is 6.02. The minimum atomic E-state index is -3.61. The van der Waals surface area contributed by atoms with E-state index in [0.717, 1.165) is 17.1 Å². The first-order chi connectivity index (χ1) is 12.3. The standard InChI is InChI=1S/C18H26N2O5S/c1-4-25-17(21)10-11-20(13-14-8-9-14)18(22)15-6-5-7-16(12-15)26(23,24)19(2)3/h5-7,12,14H,4,8-11,13H2,1-3H3. The van der Waals surface area contributed by atoms with Gasteiger partial charge in [-0.1, -0.05) is 6.07 Å². The summed E-state index contributed by atoms with van der Waals surface area (Å²) >= 11 is 0. The van der Waals surface area contributed by atoms with Crippen LogP contribution in [0, 0.1) is 5.92 Å². The molecule has 26 heavy (non-hydrogen) atoms. The zero-order valence-electron chi connectivity index (χ0n) is 15.5. The lowest BCUT2D eigenvalue weighted by molar-refractivity contribution is -0.143. The van der Waals surface area contributed by atoms with Crippen LogP contribution in [0.1, 0.15) is 36.5 Å². The van der Waals surface area contributed by atoms with E-state index in [1.165, 1.54) is 26.2 Å². The van der Waals surface area contributed by atoms with Crippen LogP contribution in [0.15, 0.2) is 29.2 Å². The Morgan fingerprint density at radius 3 is 2.50 bits per heavy atom. The average Bonchev–Trinajstić information content (AvgIpc) is 3.42. The van der Waals surface area contributed by atoms with Crippen LogP contribution in [-0.4, -0.2) is 63.3 Å². The predicted molar refractivity (Wildman–Crippen MR) is 97.2 cm³/mol. The summed E-state index contributed by atoms with van der Waals surface area (Å²) in [6.07, 6.45) is 2.26. The normalized spacial score (nSPS) is 14.3. The number of amides is 1. The van der Waals surface area contributed by atoms with E-state index in [-0.39, 0.29) is 29.7 Å². The Morgan fingerprint density at radius 1 is 1.23 bits per heavy atom. The molecule has 7 nitrogen and oxygen atoms in total. The van der Waals surface area contributed by atoms with Crippen LogP contribution < -0.4 is 0 Å². The topological polar surface area (TPSA) is 84.0 Å². The van der Waals surface area contributed by atoms with Gasteiger partial charge in [0, 0.05) is 32.7 Å². The quantitative estimate of drug-likeness (QED) is 0.608. The lowest BCUT2D eigenvalue weighted by Crippen LogP contribution is -2.35. The molecule has 2 rings (SSSR count). The molecular weight excluding hydrogens is 356 g/mol. The van der Waals surface area contributed by atoms with Crippen molar-refractivity contribution in [1.29, 1.82) is 0 Å². The number of nitrogens with zero attached hydrogens (tertiary/aromatic N) is 2. The number of benzene rings is 1. The van der Waals surface area contributed by atoms with Gasteiger partial charge >= 0.3 is 5.97 Å². The molecule has 0 N–H and O–H groups in total. The van der Waals surface area contributed by atoms with Gasteiger partial charge < -0.3 is 9.64 Å². The average molecular weight is 382 g/mol. The molecule has 1 aromatic rings. The van der Waals surface area contributed by atoms with Crippen molar-refractivity contribution >= 4 is 21.9 Å². The van der Waals surface area contributed by atoms with Crippen molar-refractivity contribution in [2.24, 2.45) is 5.92 Å². The fraction of sp³-hybridized carbons (Fsp3) is 0.556. The Morgan fingerprint density at radius 2 is 1.92 bits per heavy atom. The Labute approximate surface area is 155 Å². The summed E-state index contributed by atoms with van der Waals surface area (Å²) < 4.78 is 30.6. The van der Waals surface area contributed by atoms with Crippen molar-refractivity contribution in [2.75, 3.05) is 33.8 Å². The van der Waals surface area contributed by atoms with Crippen LogP contribution in [-0.2, 0) is 19.6 Å². The number of ether oxygens (including phenoxy) is 1. The first kappa shape index (κ1) is 20.4. The van der Waals surface area contributed by atoms with E-state index < -0.39 is 10.0 Å². The number of esters is 1. The van der Waals surface area contributed by atoms with Crippen LogP contribution in [0.25, 0.3) is 0 Å². The summed E-state index contributed by atoms with van der Waals surface area (Å²) in [7, 11) is -0.720. The molecule has 1 aliphatic rings. The molecule has 0 heterocycles. The highest BCUT2D eigenvalue weighted by Crippen LogP contribution is 2.30. The Kier molecular flexibility index (Phi) is 6.77. The van der Waals surface area contributed by atoms with E-state index in [9.17, 15) is 18.0 Å². The summed E-state index contributed by atoms with van der Waals surface area (Å²) in [4.78, 5) is 26.2. The highest BCUT2D eigenvalue weighted by molar-refractivity contribution is 7.89. The van der Waals surface area contributed by atoms with Gasteiger partial charge in [0.1, 0.15) is 0 Å². The second-order valence-corrected chi connectivity index (χ2v) is 8.72. The minimum Gasteiger partial charge on any atom is -0.466 e. The van der Waals surface area contributed by atoms with Crippen LogP contribution in [0.3, 0.4) is 0 Å². The van der Waals surface area contributed by atoms with Crippen molar-refractivity contribution in [3.63, 3.8) is 0 Å². The van der Waals surface area contributed by atoms with Gasteiger partial charge in [0.05, 0.1) is 17.9 Å². The molecule has 0 radical (unpaired) electrons. The molecule has 1 amide bonds. The molecule has 1 fully saturated rings. The van der Waals surface area contributed by atoms with Crippen molar-refractivity contribution in [1.82, 2.24) is 9.21 Å². The summed E-state index contributed by atoms with van der Waals surface area (Å²) in [5, 5.41) is 0. The van der Waals surface area contributed by atoms with E-state index in [1.54, 1.807) is 24.0 Å². The molecular formula is C18H26N2O5S. The zero-order chi connectivity index (χ0) is 19.3. The molecule has 0 aliphatic heterocycles. The molecule has 1 aliphatic carbocycles. The number of hydrogen-bond donors (Lipinski definition) is 0. The second-order valence-electron chi connectivity index (χ2n) is 6.56. The second kappa shape index (κ2) is 8.64. The van der Waals surface area contributed by atoms with E-state index in [2.05, 4.69) is 0 Å². The third kappa shape index (κ3) is 5.28. The summed E-state index contributed by atoms with van der Waals surface area (Å²) in [5.41, 5.74) is 0.303. The van der Waals surface area contributed by atoms with Crippen LogP contribution >= 0.6 is 0 Å². The van der Waals surface area contributed by atoms with Gasteiger partial charge in [0.25, 0.3) is 5.91 Å². The predicted octanol–water partition coefficient (Wildman–Crippen LogP) is 1.74. The smallest absolute Gasteiger partial charge is 0.307 e. The maximum Gasteiger partial charge on any atom is 0.307 e. The lowest BCUT2D eigenvalue weighted by Gasteiger charge is -2.23. The van der Waals surface area contributed by atoms with Gasteiger partial charge in [-0.2, -0.15) is 0 Å². The summed E-state index contributed by atoms with van der Waals surface area (Å²) in [5.74, 6) is -0.156. The third-order valence-electron chi connectivity index (χ3n) is 4.21. The molecule has 8 heteroatoms. The van der Waals surface area contributed by atoms with E-state index >= 15 is 0 Å². The van der Waals surface area contributed by atoms with Gasteiger partial charge in [-0.25, -0.2) is 12.7 Å². The van der Waals surface area contributed by atoms with Gasteiger partial charge in [-0.05, 0) is 43.9 Å². The Bertz CT molecular complexity index is 757. The van der Waals surface area contributed by atoms with E-state index in [0.29, 0.717) is 24.6 Å². The molecule has 144 valence electrons. The van der Waals surface area contributed by atoms with Crippen LogP contribution in [0.5, 0.6) is 0 Å². The lowest BCUT2D eigenvalue weighted by atomic mass is 10.2. The molecule has 0 saturated heterocycles. The van der Waals surface area contributed by atoms with Gasteiger partial charge in [-0.15, -0.1) is 0 Å². The number of rotatable bonds is 9. The summed E-state index contributed by atoms with van der Waals surface area (Å²) in [6.45, 7) is 2.88. The van der Waals surface area contributed by atoms with Crippen LogP contribution in [0.2, 0.25) is 0 Å². The van der Waals surface area contributed by atoms with Gasteiger partial charge in [0.2, 0.25) is 10.0 Å². The maximum absolute atomic E-state index is 12.9. The monoisotopic (exact) mass is 382 g/mol. The Hall–Kier alpha value is -1.93. The maximum atomic E-state index is 12.9. The highest BCUT2D eigenvalue weighted by Gasteiger charge is 2.28. The zero-order valence-corrected chi connectivity index (χ0v) is 16.3. The number of carbonyl (C=O) groups is 2. The molecule has 1 aromatic carbocycles. The first-order valence-corrected chi connectivity index (χ1v) is 10.2. The molecule has 0 bridgehead atoms. The van der Waals surface area contributed by atoms with E-state index in [4.69, 9.17) is 4.74 Å². The number of sulfonamides is 1. The van der Waals surface area contributed by atoms with Crippen molar-refractivity contribution in [3.05, 3.63) is 29.8 Å². The van der Waals surface area contributed by atoms with Gasteiger partial charge in [-0.3, -0.25) is 9.59 Å². The number of carbonyl (C=O) groups excluding carboxylic acids is 2. The largest absolute Gasteiger partial charge is 0.466 e. The molecule has 0 atom stereocenters. The third-order valence-corrected chi connectivity index (χ3v) is 6.02. The molecule has 0 aromatic heterocycles. The van der Waals surface area contributed by atoms with Gasteiger partial charge in [0.15, 0.2) is 0 Å². The first-order valence-electron chi connectivity index (χ1n) is 8.73. The van der Waals surface area contributed by atoms with Crippen molar-refractivity contribution in [2.45, 2.75) is 31.1 Å². The highest BCUT2D eigenvalue weighted by atomic mass is 32.2. The molecule has 0 unspecified atom stereocenters. The fourth-order valence-electron chi connectivity index (χ4n) is 2.53.